The van der Waals surface area contributed by atoms with Gasteiger partial charge in [-0.3, -0.25) is 0 Å². The second-order valence-electron chi connectivity index (χ2n) is 10.5. The lowest BCUT2D eigenvalue weighted by Gasteiger charge is -2.37. The van der Waals surface area contributed by atoms with Crippen LogP contribution in [0.1, 0.15) is 18.4 Å². The van der Waals surface area contributed by atoms with Gasteiger partial charge >= 0.3 is 6.03 Å². The molecule has 0 radical (unpaired) electrons. The summed E-state index contributed by atoms with van der Waals surface area (Å²) >= 11 is 0. The first-order chi connectivity index (χ1) is 21.1. The Bertz CT molecular complexity index is 1360. The highest BCUT2D eigenvalue weighted by atomic mass is 16.5. The molecular weight excluding hydrogens is 554 g/mol. The van der Waals surface area contributed by atoms with E-state index in [9.17, 15) is 4.79 Å². The Kier molecular flexibility index (Phi) is 10.7. The van der Waals surface area contributed by atoms with Crippen LogP contribution in [0.2, 0.25) is 0 Å². The molecule has 232 valence electrons. The number of hydrogen-bond acceptors (Lipinski definition) is 10. The minimum atomic E-state index is 0.0638. The van der Waals surface area contributed by atoms with Crippen LogP contribution < -0.4 is 19.5 Å². The predicted molar refractivity (Wildman–Crippen MR) is 162 cm³/mol. The molecule has 43 heavy (non-hydrogen) atoms. The number of carbonyl (C=O) groups is 1. The first kappa shape index (κ1) is 30.6. The van der Waals surface area contributed by atoms with Crippen LogP contribution in [0.3, 0.4) is 0 Å². The summed E-state index contributed by atoms with van der Waals surface area (Å²) in [5.41, 5.74) is 2.60. The van der Waals surface area contributed by atoms with E-state index >= 15 is 0 Å². The van der Waals surface area contributed by atoms with Gasteiger partial charge in [0.2, 0.25) is 0 Å². The van der Waals surface area contributed by atoms with Gasteiger partial charge < -0.3 is 43.5 Å². The van der Waals surface area contributed by atoms with Crippen molar-refractivity contribution in [1.29, 1.82) is 0 Å². The maximum absolute atomic E-state index is 12.8. The number of amides is 2. The van der Waals surface area contributed by atoms with Crippen molar-refractivity contribution < 1.29 is 33.2 Å². The second-order valence-corrected chi connectivity index (χ2v) is 10.5. The molecule has 3 aromatic rings. The van der Waals surface area contributed by atoms with Gasteiger partial charge in [-0.25, -0.2) is 14.8 Å². The number of rotatable bonds is 12. The smallest absolute Gasteiger partial charge is 0.320 e. The third kappa shape index (κ3) is 7.95. The molecule has 0 aliphatic carbocycles. The van der Waals surface area contributed by atoms with Crippen molar-refractivity contribution in [3.05, 3.63) is 42.2 Å². The third-order valence-corrected chi connectivity index (χ3v) is 7.52. The van der Waals surface area contributed by atoms with Crippen LogP contribution in [0.25, 0.3) is 10.9 Å². The van der Waals surface area contributed by atoms with Crippen molar-refractivity contribution in [2.24, 2.45) is 0 Å². The Labute approximate surface area is 252 Å². The molecule has 2 saturated heterocycles. The zero-order chi connectivity index (χ0) is 30.0. The van der Waals surface area contributed by atoms with Gasteiger partial charge in [-0.15, -0.1) is 0 Å². The summed E-state index contributed by atoms with van der Waals surface area (Å²) in [6.07, 6.45) is 3.19. The monoisotopic (exact) mass is 595 g/mol. The van der Waals surface area contributed by atoms with E-state index in [1.165, 1.54) is 6.33 Å². The summed E-state index contributed by atoms with van der Waals surface area (Å²) in [4.78, 5) is 25.6. The molecule has 2 aliphatic rings. The molecule has 12 heteroatoms. The molecule has 0 bridgehead atoms. The molecule has 2 aliphatic heterocycles. The van der Waals surface area contributed by atoms with E-state index < -0.39 is 0 Å². The maximum Gasteiger partial charge on any atom is 0.320 e. The fraction of sp³-hybridized carbons (Fsp3) is 0.516. The van der Waals surface area contributed by atoms with E-state index in [1.54, 1.807) is 14.2 Å². The third-order valence-electron chi connectivity index (χ3n) is 7.52. The van der Waals surface area contributed by atoms with E-state index in [2.05, 4.69) is 15.3 Å². The number of fused-ring (bicyclic) bond motifs is 1. The number of aryl methyl sites for hydroxylation is 1. The summed E-state index contributed by atoms with van der Waals surface area (Å²) < 4.78 is 33.9. The first-order valence-electron chi connectivity index (χ1n) is 14.7. The molecule has 3 heterocycles. The van der Waals surface area contributed by atoms with Crippen LogP contribution in [0.5, 0.6) is 17.2 Å². The fourth-order valence-electron chi connectivity index (χ4n) is 5.15. The lowest BCUT2D eigenvalue weighted by Crippen LogP contribution is -2.51. The highest BCUT2D eigenvalue weighted by Crippen LogP contribution is 2.35. The molecule has 0 unspecified atom stereocenters. The number of piperidine rings is 1. The zero-order valence-electron chi connectivity index (χ0n) is 25.2. The zero-order valence-corrected chi connectivity index (χ0v) is 25.2. The summed E-state index contributed by atoms with van der Waals surface area (Å²) in [6, 6.07) is 9.84. The van der Waals surface area contributed by atoms with Crippen LogP contribution in [0.15, 0.2) is 36.7 Å². The van der Waals surface area contributed by atoms with Gasteiger partial charge in [0.15, 0.2) is 11.5 Å². The normalized spacial score (nSPS) is 15.9. The first-order valence-corrected chi connectivity index (χ1v) is 14.7. The highest BCUT2D eigenvalue weighted by molar-refractivity contribution is 5.93. The number of aromatic nitrogens is 2. The molecule has 0 saturated carbocycles. The molecule has 2 amide bonds. The fourth-order valence-corrected chi connectivity index (χ4v) is 5.15. The average Bonchev–Trinajstić information content (AvgIpc) is 3.03. The van der Waals surface area contributed by atoms with Gasteiger partial charge in [-0.1, -0.05) is 0 Å². The number of nitrogens with zero attached hydrogens (tertiary/aromatic N) is 4. The van der Waals surface area contributed by atoms with Crippen molar-refractivity contribution in [3.63, 3.8) is 0 Å². The Hall–Kier alpha value is -3.87. The summed E-state index contributed by atoms with van der Waals surface area (Å²) in [5, 5.41) is 4.23. The standard InChI is InChI=1S/C31H41N5O7/c1-22-18-23(4-5-27(22)43-24-6-8-35(9-7-24)31(37)36-10-12-40-13-11-36)34-30-25-19-28(41-16-14-38-2)29(42-17-15-39-3)20-26(25)32-21-33-30/h4-5,18-21,24H,6-17H2,1-3H3,(H,32,33,34). The number of likely N-dealkylation sites (tertiary alicyclic amines) is 1. The molecular formula is C31H41N5O7. The lowest BCUT2D eigenvalue weighted by molar-refractivity contribution is 0.0360. The van der Waals surface area contributed by atoms with Crippen LogP contribution >= 0.6 is 0 Å². The second kappa shape index (κ2) is 15.0. The molecule has 2 aromatic carbocycles. The number of benzene rings is 2. The number of carbonyl (C=O) groups excluding carboxylic acids is 1. The minimum absolute atomic E-state index is 0.0638. The van der Waals surface area contributed by atoms with Gasteiger partial charge in [0.25, 0.3) is 0 Å². The summed E-state index contributed by atoms with van der Waals surface area (Å²) in [6.45, 7) is 7.62. The van der Waals surface area contributed by atoms with Gasteiger partial charge in [-0.05, 0) is 36.8 Å². The molecule has 0 atom stereocenters. The Morgan fingerprint density at radius 1 is 0.884 bits per heavy atom. The predicted octanol–water partition coefficient (Wildman–Crippen LogP) is 4.03. The van der Waals surface area contributed by atoms with E-state index in [4.69, 9.17) is 28.4 Å². The van der Waals surface area contributed by atoms with Crippen LogP contribution in [-0.4, -0.2) is 112 Å². The SMILES string of the molecule is COCCOc1cc2ncnc(Nc3ccc(OC4CCN(C(=O)N5CCOCC5)CC4)c(C)c3)c2cc1OCCOC. The minimum Gasteiger partial charge on any atom is -0.490 e. The number of urea groups is 1. The number of methoxy groups -OCH3 is 2. The quantitative estimate of drug-likeness (QED) is 0.308. The highest BCUT2D eigenvalue weighted by Gasteiger charge is 2.28. The maximum atomic E-state index is 12.8. The van der Waals surface area contributed by atoms with Crippen molar-refractivity contribution in [3.8, 4) is 17.2 Å². The lowest BCUT2D eigenvalue weighted by atomic mass is 10.1. The Morgan fingerprint density at radius 2 is 1.56 bits per heavy atom. The summed E-state index contributed by atoms with van der Waals surface area (Å²) in [7, 11) is 3.26. The molecule has 0 spiro atoms. The molecule has 5 rings (SSSR count). The number of morpholine rings is 1. The molecule has 1 aromatic heterocycles. The number of anilines is 2. The van der Waals surface area contributed by atoms with Crippen molar-refractivity contribution in [1.82, 2.24) is 19.8 Å². The van der Waals surface area contributed by atoms with E-state index in [0.29, 0.717) is 83.1 Å². The Morgan fingerprint density at radius 3 is 2.23 bits per heavy atom. The summed E-state index contributed by atoms with van der Waals surface area (Å²) in [5.74, 6) is 2.65. The largest absolute Gasteiger partial charge is 0.490 e. The van der Waals surface area contributed by atoms with Crippen LogP contribution in [-0.2, 0) is 14.2 Å². The van der Waals surface area contributed by atoms with Crippen LogP contribution in [0.4, 0.5) is 16.3 Å². The number of hydrogen-bond donors (Lipinski definition) is 1. The van der Waals surface area contributed by atoms with Crippen molar-refractivity contribution >= 4 is 28.4 Å². The van der Waals surface area contributed by atoms with Gasteiger partial charge in [0.1, 0.15) is 37.2 Å². The molecule has 12 nitrogen and oxygen atoms in total. The van der Waals surface area contributed by atoms with Crippen molar-refractivity contribution in [2.45, 2.75) is 25.9 Å². The molecule has 1 N–H and O–H groups in total. The number of nitrogens with one attached hydrogen (secondary N) is 1. The number of ether oxygens (including phenoxy) is 6. The van der Waals surface area contributed by atoms with Crippen molar-refractivity contribution in [2.75, 3.05) is 85.4 Å². The Balaban J connectivity index is 1.23. The van der Waals surface area contributed by atoms with Gasteiger partial charge in [0.05, 0.1) is 31.9 Å². The topological polar surface area (TPSA) is 117 Å². The van der Waals surface area contributed by atoms with Gasteiger partial charge in [0, 0.05) is 70.4 Å². The average molecular weight is 596 g/mol. The van der Waals surface area contributed by atoms with E-state index in [1.807, 2.05) is 47.1 Å². The van der Waals surface area contributed by atoms with E-state index in [-0.39, 0.29) is 12.1 Å². The van der Waals surface area contributed by atoms with E-state index in [0.717, 1.165) is 40.7 Å². The molecule has 2 fully saturated rings. The van der Waals surface area contributed by atoms with Crippen LogP contribution in [0, 0.1) is 6.92 Å². The van der Waals surface area contributed by atoms with Gasteiger partial charge in [-0.2, -0.15) is 0 Å².